The summed E-state index contributed by atoms with van der Waals surface area (Å²) in [5.41, 5.74) is 6.25. The predicted molar refractivity (Wildman–Crippen MR) is 73.9 cm³/mol. The van der Waals surface area contributed by atoms with Gasteiger partial charge >= 0.3 is 0 Å². The Morgan fingerprint density at radius 3 is 2.58 bits per heavy atom. The van der Waals surface area contributed by atoms with Crippen molar-refractivity contribution in [1.29, 1.82) is 0 Å². The number of nitrogens with zero attached hydrogens (tertiary/aromatic N) is 1. The van der Waals surface area contributed by atoms with Crippen molar-refractivity contribution in [2.24, 2.45) is 5.73 Å². The van der Waals surface area contributed by atoms with Gasteiger partial charge < -0.3 is 16.0 Å². The summed E-state index contributed by atoms with van der Waals surface area (Å²) in [6.07, 6.45) is 0. The number of rotatable bonds is 5. The predicted octanol–water partition coefficient (Wildman–Crippen LogP) is 1.24. The van der Waals surface area contributed by atoms with Gasteiger partial charge in [0.05, 0.1) is 5.54 Å². The fourth-order valence-corrected chi connectivity index (χ4v) is 1.61. The van der Waals surface area contributed by atoms with Crippen molar-refractivity contribution in [3.8, 4) is 0 Å². The van der Waals surface area contributed by atoms with Crippen LogP contribution in [-0.4, -0.2) is 30.4 Å². The fraction of sp³-hybridized carbons (Fsp3) is 0.500. The third kappa shape index (κ3) is 4.96. The Morgan fingerprint density at radius 1 is 1.42 bits per heavy atom. The Bertz CT molecular complexity index is 452. The first kappa shape index (κ1) is 15.6. The molecule has 0 unspecified atom stereocenters. The highest BCUT2D eigenvalue weighted by molar-refractivity contribution is 5.84. The van der Waals surface area contributed by atoms with Crippen molar-refractivity contribution in [1.82, 2.24) is 10.2 Å². The van der Waals surface area contributed by atoms with Gasteiger partial charge in [-0.2, -0.15) is 0 Å². The summed E-state index contributed by atoms with van der Waals surface area (Å²) in [4.78, 5) is 13.5. The number of hydrogen-bond acceptors (Lipinski definition) is 3. The van der Waals surface area contributed by atoms with Gasteiger partial charge in [-0.1, -0.05) is 6.07 Å². The third-order valence-electron chi connectivity index (χ3n) is 2.63. The molecule has 1 aromatic rings. The molecule has 1 amide bonds. The van der Waals surface area contributed by atoms with Crippen LogP contribution in [-0.2, 0) is 17.9 Å². The van der Waals surface area contributed by atoms with E-state index in [1.807, 2.05) is 19.0 Å². The Kier molecular flexibility index (Phi) is 5.03. The molecule has 5 heteroatoms. The lowest BCUT2D eigenvalue weighted by atomic mass is 10.1. The van der Waals surface area contributed by atoms with Crippen molar-refractivity contribution in [3.63, 3.8) is 0 Å². The number of carbonyl (C=O) groups excluding carboxylic acids is 1. The molecule has 0 saturated carbocycles. The number of nitrogens with one attached hydrogen (secondary N) is 1. The summed E-state index contributed by atoms with van der Waals surface area (Å²) in [5, 5.41) is 2.74. The van der Waals surface area contributed by atoms with E-state index in [-0.39, 0.29) is 11.7 Å². The van der Waals surface area contributed by atoms with E-state index in [9.17, 15) is 9.18 Å². The molecule has 0 atom stereocenters. The molecular weight excluding hydrogens is 245 g/mol. The Hall–Kier alpha value is -1.46. The second-order valence-corrected chi connectivity index (χ2v) is 5.57. The number of nitrogens with two attached hydrogens (primary N) is 1. The molecule has 0 fully saturated rings. The summed E-state index contributed by atoms with van der Waals surface area (Å²) in [6.45, 7) is 4.16. The molecule has 0 heterocycles. The van der Waals surface area contributed by atoms with E-state index in [1.165, 1.54) is 6.07 Å². The molecule has 0 spiro atoms. The Balaban J connectivity index is 2.72. The maximum Gasteiger partial charge on any atom is 0.239 e. The van der Waals surface area contributed by atoms with Crippen molar-refractivity contribution in [3.05, 3.63) is 35.1 Å². The Morgan fingerprint density at radius 2 is 2.05 bits per heavy atom. The minimum absolute atomic E-state index is 0.231. The van der Waals surface area contributed by atoms with Crippen LogP contribution in [0, 0.1) is 5.82 Å². The smallest absolute Gasteiger partial charge is 0.239 e. The molecule has 4 nitrogen and oxygen atoms in total. The quantitative estimate of drug-likeness (QED) is 0.844. The summed E-state index contributed by atoms with van der Waals surface area (Å²) in [7, 11) is 3.76. The first-order chi connectivity index (χ1) is 8.70. The highest BCUT2D eigenvalue weighted by Crippen LogP contribution is 2.12. The maximum atomic E-state index is 13.6. The molecule has 1 rings (SSSR count). The van der Waals surface area contributed by atoms with Gasteiger partial charge in [-0.15, -0.1) is 0 Å². The van der Waals surface area contributed by atoms with E-state index in [0.29, 0.717) is 18.7 Å². The molecule has 0 aliphatic rings. The van der Waals surface area contributed by atoms with Crippen LogP contribution in [0.5, 0.6) is 0 Å². The molecule has 106 valence electrons. The number of carbonyl (C=O) groups is 1. The van der Waals surface area contributed by atoms with Crippen LogP contribution in [0.3, 0.4) is 0 Å². The lowest BCUT2D eigenvalue weighted by Gasteiger charge is -2.18. The average molecular weight is 267 g/mol. The zero-order valence-electron chi connectivity index (χ0n) is 12.0. The summed E-state index contributed by atoms with van der Waals surface area (Å²) >= 11 is 0. The zero-order valence-corrected chi connectivity index (χ0v) is 12.0. The van der Waals surface area contributed by atoms with Gasteiger partial charge in [0.2, 0.25) is 5.91 Å². The summed E-state index contributed by atoms with van der Waals surface area (Å²) in [6, 6.07) is 4.85. The molecule has 0 bridgehead atoms. The van der Waals surface area contributed by atoms with E-state index in [4.69, 9.17) is 5.73 Å². The van der Waals surface area contributed by atoms with Crippen LogP contribution in [0.4, 0.5) is 4.39 Å². The SMILES string of the molecule is CN(C)Cc1cc(CNC(=O)C(C)(C)N)ccc1F. The van der Waals surface area contributed by atoms with Gasteiger partial charge in [-0.25, -0.2) is 4.39 Å². The molecule has 0 radical (unpaired) electrons. The maximum absolute atomic E-state index is 13.6. The molecule has 0 aliphatic carbocycles. The number of amides is 1. The molecule has 0 aliphatic heterocycles. The fourth-order valence-electron chi connectivity index (χ4n) is 1.61. The monoisotopic (exact) mass is 267 g/mol. The second kappa shape index (κ2) is 6.12. The van der Waals surface area contributed by atoms with Gasteiger partial charge in [-0.3, -0.25) is 4.79 Å². The van der Waals surface area contributed by atoms with E-state index < -0.39 is 5.54 Å². The average Bonchev–Trinajstić information content (AvgIpc) is 2.27. The van der Waals surface area contributed by atoms with Crippen molar-refractivity contribution in [2.75, 3.05) is 14.1 Å². The molecular formula is C14H22FN3O. The molecule has 19 heavy (non-hydrogen) atoms. The Labute approximate surface area is 113 Å². The van der Waals surface area contributed by atoms with Crippen molar-refractivity contribution < 1.29 is 9.18 Å². The number of halogens is 1. The molecule has 1 aromatic carbocycles. The lowest BCUT2D eigenvalue weighted by molar-refractivity contribution is -0.125. The van der Waals surface area contributed by atoms with E-state index in [0.717, 1.165) is 5.56 Å². The molecule has 0 aromatic heterocycles. The van der Waals surface area contributed by atoms with Crippen LogP contribution < -0.4 is 11.1 Å². The van der Waals surface area contributed by atoms with E-state index in [1.54, 1.807) is 26.0 Å². The van der Waals surface area contributed by atoms with Gasteiger partial charge in [0, 0.05) is 18.7 Å². The van der Waals surface area contributed by atoms with Crippen LogP contribution in [0.1, 0.15) is 25.0 Å². The summed E-state index contributed by atoms with van der Waals surface area (Å²) in [5.74, 6) is -0.464. The highest BCUT2D eigenvalue weighted by Gasteiger charge is 2.21. The van der Waals surface area contributed by atoms with Gasteiger partial charge in [0.1, 0.15) is 5.82 Å². The van der Waals surface area contributed by atoms with Crippen LogP contribution in [0.15, 0.2) is 18.2 Å². The van der Waals surface area contributed by atoms with Gasteiger partial charge in [-0.05, 0) is 45.6 Å². The third-order valence-corrected chi connectivity index (χ3v) is 2.63. The standard InChI is InChI=1S/C14H22FN3O/c1-14(2,16)13(19)17-8-10-5-6-12(15)11(7-10)9-18(3)4/h5-7H,8-9,16H2,1-4H3,(H,17,19). The number of hydrogen-bond donors (Lipinski definition) is 2. The molecule has 0 saturated heterocycles. The lowest BCUT2D eigenvalue weighted by Crippen LogP contribution is -2.48. The van der Waals surface area contributed by atoms with Crippen molar-refractivity contribution >= 4 is 5.91 Å². The van der Waals surface area contributed by atoms with Crippen LogP contribution in [0.25, 0.3) is 0 Å². The normalized spacial score (nSPS) is 11.7. The first-order valence-corrected chi connectivity index (χ1v) is 6.19. The highest BCUT2D eigenvalue weighted by atomic mass is 19.1. The largest absolute Gasteiger partial charge is 0.350 e. The van der Waals surface area contributed by atoms with E-state index in [2.05, 4.69) is 5.32 Å². The molecule has 3 N–H and O–H groups in total. The first-order valence-electron chi connectivity index (χ1n) is 6.19. The minimum atomic E-state index is -0.910. The van der Waals surface area contributed by atoms with Crippen molar-refractivity contribution in [2.45, 2.75) is 32.5 Å². The van der Waals surface area contributed by atoms with Gasteiger partial charge in [0.15, 0.2) is 0 Å². The second-order valence-electron chi connectivity index (χ2n) is 5.57. The van der Waals surface area contributed by atoms with Crippen LogP contribution >= 0.6 is 0 Å². The van der Waals surface area contributed by atoms with Gasteiger partial charge in [0.25, 0.3) is 0 Å². The topological polar surface area (TPSA) is 58.4 Å². The minimum Gasteiger partial charge on any atom is -0.350 e. The zero-order chi connectivity index (χ0) is 14.6. The number of benzene rings is 1. The van der Waals surface area contributed by atoms with Crippen LogP contribution in [0.2, 0.25) is 0 Å². The summed E-state index contributed by atoms with van der Waals surface area (Å²) < 4.78 is 13.6. The van der Waals surface area contributed by atoms with E-state index >= 15 is 0 Å².